The van der Waals surface area contributed by atoms with Crippen LogP contribution in [0.1, 0.15) is 40.0 Å². The fraction of sp³-hybridized carbons (Fsp3) is 0.917. The van der Waals surface area contributed by atoms with Gasteiger partial charge in [-0.05, 0) is 39.7 Å². The topological polar surface area (TPSA) is 32.3 Å². The van der Waals surface area contributed by atoms with Gasteiger partial charge in [-0.1, -0.05) is 6.92 Å². The van der Waals surface area contributed by atoms with Crippen LogP contribution in [-0.4, -0.2) is 36.5 Å². The Morgan fingerprint density at radius 1 is 1.47 bits per heavy atom. The van der Waals surface area contributed by atoms with E-state index in [4.69, 9.17) is 0 Å². The molecule has 0 aromatic carbocycles. The lowest BCUT2D eigenvalue weighted by Crippen LogP contribution is -2.48. The zero-order chi connectivity index (χ0) is 11.3. The van der Waals surface area contributed by atoms with Crippen molar-refractivity contribution in [3.05, 3.63) is 0 Å². The van der Waals surface area contributed by atoms with Gasteiger partial charge in [0, 0.05) is 19.1 Å². The number of hydrogen-bond donors (Lipinski definition) is 1. The lowest BCUT2D eigenvalue weighted by atomic mass is 9.90. The first-order chi connectivity index (χ1) is 7.20. The summed E-state index contributed by atoms with van der Waals surface area (Å²) in [6.07, 6.45) is 3.23. The molecule has 15 heavy (non-hydrogen) atoms. The van der Waals surface area contributed by atoms with Gasteiger partial charge in [-0.3, -0.25) is 4.79 Å². The summed E-state index contributed by atoms with van der Waals surface area (Å²) in [5.41, 5.74) is 0. The largest absolute Gasteiger partial charge is 0.343 e. The Hall–Kier alpha value is -0.570. The predicted molar refractivity (Wildman–Crippen MR) is 62.7 cm³/mol. The lowest BCUT2D eigenvalue weighted by molar-refractivity contribution is -0.137. The first kappa shape index (κ1) is 12.5. The molecular weight excluding hydrogens is 188 g/mol. The summed E-state index contributed by atoms with van der Waals surface area (Å²) in [4.78, 5) is 14.2. The smallest absolute Gasteiger partial charge is 0.227 e. The molecule has 2 unspecified atom stereocenters. The molecule has 0 saturated carbocycles. The van der Waals surface area contributed by atoms with Crippen molar-refractivity contribution in [2.24, 2.45) is 5.92 Å². The maximum atomic E-state index is 12.2. The van der Waals surface area contributed by atoms with Gasteiger partial charge >= 0.3 is 0 Å². The molecular formula is C12H24N2O. The van der Waals surface area contributed by atoms with Crippen LogP contribution in [0.25, 0.3) is 0 Å². The van der Waals surface area contributed by atoms with Crippen molar-refractivity contribution in [2.45, 2.75) is 46.1 Å². The third-order valence-electron chi connectivity index (χ3n) is 3.27. The Morgan fingerprint density at radius 2 is 2.20 bits per heavy atom. The van der Waals surface area contributed by atoms with E-state index < -0.39 is 0 Å². The standard InChI is InChI=1S/C12H24N2O/c1-4-9-14(5-2)12(15)11-7-6-8-13-10(11)3/h10-11,13H,4-9H2,1-3H3. The van der Waals surface area contributed by atoms with Gasteiger partial charge in [-0.2, -0.15) is 0 Å². The van der Waals surface area contributed by atoms with E-state index in [0.29, 0.717) is 11.9 Å². The van der Waals surface area contributed by atoms with Gasteiger partial charge < -0.3 is 10.2 Å². The Balaban J connectivity index is 2.55. The number of carbonyl (C=O) groups is 1. The van der Waals surface area contributed by atoms with Gasteiger partial charge in [-0.15, -0.1) is 0 Å². The monoisotopic (exact) mass is 212 g/mol. The minimum absolute atomic E-state index is 0.199. The molecule has 0 spiro atoms. The first-order valence-electron chi connectivity index (χ1n) is 6.22. The number of carbonyl (C=O) groups excluding carboxylic acids is 1. The number of piperidine rings is 1. The fourth-order valence-corrected chi connectivity index (χ4v) is 2.31. The van der Waals surface area contributed by atoms with E-state index in [1.165, 1.54) is 0 Å². The van der Waals surface area contributed by atoms with Gasteiger partial charge in [0.1, 0.15) is 0 Å². The second-order valence-corrected chi connectivity index (χ2v) is 4.41. The van der Waals surface area contributed by atoms with Crippen LogP contribution in [0.5, 0.6) is 0 Å². The SMILES string of the molecule is CCCN(CC)C(=O)C1CCCNC1C. The number of hydrogen-bond acceptors (Lipinski definition) is 2. The van der Waals surface area contributed by atoms with Gasteiger partial charge in [-0.25, -0.2) is 0 Å². The molecule has 0 radical (unpaired) electrons. The van der Waals surface area contributed by atoms with Crippen molar-refractivity contribution >= 4 is 5.91 Å². The minimum atomic E-state index is 0.199. The molecule has 1 saturated heterocycles. The molecule has 0 bridgehead atoms. The van der Waals surface area contributed by atoms with Crippen LogP contribution in [0.2, 0.25) is 0 Å². The molecule has 1 heterocycles. The van der Waals surface area contributed by atoms with Crippen molar-refractivity contribution in [3.8, 4) is 0 Å². The Bertz CT molecular complexity index is 206. The molecule has 1 fully saturated rings. The van der Waals surface area contributed by atoms with E-state index in [2.05, 4.69) is 26.1 Å². The lowest BCUT2D eigenvalue weighted by Gasteiger charge is -2.33. The van der Waals surface area contributed by atoms with E-state index in [0.717, 1.165) is 38.9 Å². The van der Waals surface area contributed by atoms with Crippen LogP contribution in [0.15, 0.2) is 0 Å². The van der Waals surface area contributed by atoms with Crippen molar-refractivity contribution in [1.29, 1.82) is 0 Å². The highest BCUT2D eigenvalue weighted by molar-refractivity contribution is 5.79. The van der Waals surface area contributed by atoms with E-state index in [1.807, 2.05) is 4.90 Å². The third-order valence-corrected chi connectivity index (χ3v) is 3.27. The van der Waals surface area contributed by atoms with Crippen LogP contribution >= 0.6 is 0 Å². The molecule has 1 aliphatic rings. The van der Waals surface area contributed by atoms with Gasteiger partial charge in [0.15, 0.2) is 0 Å². The highest BCUT2D eigenvalue weighted by Crippen LogP contribution is 2.19. The zero-order valence-electron chi connectivity index (χ0n) is 10.3. The molecule has 0 aromatic rings. The van der Waals surface area contributed by atoms with E-state index in [1.54, 1.807) is 0 Å². The molecule has 1 N–H and O–H groups in total. The summed E-state index contributed by atoms with van der Waals surface area (Å²) < 4.78 is 0. The molecule has 1 aliphatic heterocycles. The van der Waals surface area contributed by atoms with Gasteiger partial charge in [0.2, 0.25) is 5.91 Å². The highest BCUT2D eigenvalue weighted by Gasteiger charge is 2.29. The average Bonchev–Trinajstić information content (AvgIpc) is 2.25. The minimum Gasteiger partial charge on any atom is -0.343 e. The second kappa shape index (κ2) is 6.11. The Morgan fingerprint density at radius 3 is 2.73 bits per heavy atom. The average molecular weight is 212 g/mol. The van der Waals surface area contributed by atoms with Crippen molar-refractivity contribution in [2.75, 3.05) is 19.6 Å². The molecule has 3 heteroatoms. The number of nitrogens with one attached hydrogen (secondary N) is 1. The van der Waals surface area contributed by atoms with Crippen molar-refractivity contribution < 1.29 is 4.79 Å². The van der Waals surface area contributed by atoms with Gasteiger partial charge in [0.05, 0.1) is 5.92 Å². The molecule has 0 aliphatic carbocycles. The molecule has 0 aromatic heterocycles. The maximum Gasteiger partial charge on any atom is 0.227 e. The van der Waals surface area contributed by atoms with Crippen molar-refractivity contribution in [1.82, 2.24) is 10.2 Å². The summed E-state index contributed by atoms with van der Waals surface area (Å²) in [7, 11) is 0. The van der Waals surface area contributed by atoms with Crippen LogP contribution < -0.4 is 5.32 Å². The Kier molecular flexibility index (Phi) is 5.09. The number of amides is 1. The second-order valence-electron chi connectivity index (χ2n) is 4.41. The van der Waals surface area contributed by atoms with Crippen molar-refractivity contribution in [3.63, 3.8) is 0 Å². The van der Waals surface area contributed by atoms with E-state index >= 15 is 0 Å². The number of rotatable bonds is 4. The molecule has 1 rings (SSSR count). The van der Waals surface area contributed by atoms with E-state index in [9.17, 15) is 4.79 Å². The highest BCUT2D eigenvalue weighted by atomic mass is 16.2. The van der Waals surface area contributed by atoms with Crippen LogP contribution in [-0.2, 0) is 4.79 Å². The van der Waals surface area contributed by atoms with E-state index in [-0.39, 0.29) is 5.92 Å². The molecule has 88 valence electrons. The van der Waals surface area contributed by atoms with Crippen LogP contribution in [0, 0.1) is 5.92 Å². The first-order valence-corrected chi connectivity index (χ1v) is 6.22. The normalized spacial score (nSPS) is 26.3. The quantitative estimate of drug-likeness (QED) is 0.768. The number of nitrogens with zero attached hydrogens (tertiary/aromatic N) is 1. The Labute approximate surface area is 93.2 Å². The molecule has 1 amide bonds. The summed E-state index contributed by atoms with van der Waals surface area (Å²) in [6.45, 7) is 9.12. The molecule has 3 nitrogen and oxygen atoms in total. The predicted octanol–water partition coefficient (Wildman–Crippen LogP) is 1.63. The summed E-state index contributed by atoms with van der Waals surface area (Å²) in [5, 5.41) is 3.39. The summed E-state index contributed by atoms with van der Waals surface area (Å²) in [5.74, 6) is 0.546. The summed E-state index contributed by atoms with van der Waals surface area (Å²) >= 11 is 0. The van der Waals surface area contributed by atoms with Crippen LogP contribution in [0.4, 0.5) is 0 Å². The molecule has 2 atom stereocenters. The van der Waals surface area contributed by atoms with Gasteiger partial charge in [0.25, 0.3) is 0 Å². The fourth-order valence-electron chi connectivity index (χ4n) is 2.31. The summed E-state index contributed by atoms with van der Waals surface area (Å²) in [6, 6.07) is 0.345. The van der Waals surface area contributed by atoms with Crippen LogP contribution in [0.3, 0.4) is 0 Å². The zero-order valence-corrected chi connectivity index (χ0v) is 10.3. The third kappa shape index (κ3) is 3.20. The maximum absolute atomic E-state index is 12.2.